The molecule has 0 saturated carbocycles. The first kappa shape index (κ1) is 20.2. The summed E-state index contributed by atoms with van der Waals surface area (Å²) >= 11 is 0. The molecule has 1 fully saturated rings. The van der Waals surface area contributed by atoms with E-state index >= 15 is 0 Å². The number of morpholine rings is 1. The number of sulfonamides is 1. The molecule has 1 amide bonds. The molecular formula is C19H24N4O4S. The van der Waals surface area contributed by atoms with Crippen LogP contribution in [0.3, 0.4) is 0 Å². The Morgan fingerprint density at radius 3 is 2.43 bits per heavy atom. The monoisotopic (exact) mass is 404 g/mol. The molecule has 2 N–H and O–H groups in total. The fourth-order valence-electron chi connectivity index (χ4n) is 2.76. The molecule has 1 aliphatic rings. The number of hydrogen-bond acceptors (Lipinski definition) is 6. The smallest absolute Gasteiger partial charge is 0.242 e. The molecule has 1 saturated heterocycles. The minimum atomic E-state index is -3.78. The SMILES string of the molecule is Cc1ccc(S(=O)(=O)N[C@@H](C)C(=O)Nc2ccc(N3CCOCC3)nc2)cc1. The number of anilines is 2. The van der Waals surface area contributed by atoms with Crippen molar-refractivity contribution in [1.82, 2.24) is 9.71 Å². The Balaban J connectivity index is 1.59. The Bertz CT molecular complexity index is 908. The Morgan fingerprint density at radius 2 is 1.82 bits per heavy atom. The van der Waals surface area contributed by atoms with Gasteiger partial charge in [-0.05, 0) is 38.1 Å². The minimum absolute atomic E-state index is 0.120. The van der Waals surface area contributed by atoms with Crippen LogP contribution in [0.25, 0.3) is 0 Å². The van der Waals surface area contributed by atoms with Crippen LogP contribution < -0.4 is 14.9 Å². The van der Waals surface area contributed by atoms with Gasteiger partial charge in [0.15, 0.2) is 0 Å². The Kier molecular flexibility index (Phi) is 6.28. The fraction of sp³-hybridized carbons (Fsp3) is 0.368. The molecule has 1 atom stereocenters. The van der Waals surface area contributed by atoms with E-state index in [9.17, 15) is 13.2 Å². The molecule has 0 spiro atoms. The molecule has 1 aromatic heterocycles. The lowest BCUT2D eigenvalue weighted by atomic mass is 10.2. The molecule has 1 aliphatic heterocycles. The van der Waals surface area contributed by atoms with E-state index in [4.69, 9.17) is 4.74 Å². The lowest BCUT2D eigenvalue weighted by molar-refractivity contribution is -0.117. The first-order valence-electron chi connectivity index (χ1n) is 9.04. The Morgan fingerprint density at radius 1 is 1.14 bits per heavy atom. The summed E-state index contributed by atoms with van der Waals surface area (Å²) < 4.78 is 32.5. The number of ether oxygens (including phenoxy) is 1. The molecule has 0 radical (unpaired) electrons. The molecule has 150 valence electrons. The van der Waals surface area contributed by atoms with Crippen LogP contribution in [0.15, 0.2) is 47.5 Å². The Labute approximate surface area is 165 Å². The quantitative estimate of drug-likeness (QED) is 0.757. The molecule has 8 nitrogen and oxygen atoms in total. The van der Waals surface area contributed by atoms with Gasteiger partial charge < -0.3 is 15.0 Å². The van der Waals surface area contributed by atoms with Gasteiger partial charge >= 0.3 is 0 Å². The number of amides is 1. The van der Waals surface area contributed by atoms with Gasteiger partial charge in [0.05, 0.1) is 36.0 Å². The number of benzene rings is 1. The minimum Gasteiger partial charge on any atom is -0.378 e. The highest BCUT2D eigenvalue weighted by molar-refractivity contribution is 7.89. The average Bonchev–Trinajstić information content (AvgIpc) is 2.69. The second-order valence-corrected chi connectivity index (χ2v) is 8.36. The zero-order valence-corrected chi connectivity index (χ0v) is 16.7. The van der Waals surface area contributed by atoms with Crippen LogP contribution in [0.2, 0.25) is 0 Å². The standard InChI is InChI=1S/C19H24N4O4S/c1-14-3-6-17(7-4-14)28(25,26)22-15(2)19(24)21-16-5-8-18(20-13-16)23-9-11-27-12-10-23/h3-8,13,15,22H,9-12H2,1-2H3,(H,21,24)/t15-/m0/s1. The zero-order chi connectivity index (χ0) is 20.1. The van der Waals surface area contributed by atoms with Crippen LogP contribution >= 0.6 is 0 Å². The lowest BCUT2D eigenvalue weighted by Gasteiger charge is -2.27. The predicted molar refractivity (Wildman–Crippen MR) is 107 cm³/mol. The topological polar surface area (TPSA) is 101 Å². The predicted octanol–water partition coefficient (Wildman–Crippen LogP) is 1.53. The number of carbonyl (C=O) groups excluding carboxylic acids is 1. The normalized spacial score (nSPS) is 15.9. The highest BCUT2D eigenvalue weighted by Crippen LogP contribution is 2.16. The van der Waals surface area contributed by atoms with Gasteiger partial charge in [0.2, 0.25) is 15.9 Å². The molecule has 0 aliphatic carbocycles. The van der Waals surface area contributed by atoms with Gasteiger partial charge in [-0.3, -0.25) is 4.79 Å². The highest BCUT2D eigenvalue weighted by atomic mass is 32.2. The maximum Gasteiger partial charge on any atom is 0.242 e. The third-order valence-electron chi connectivity index (χ3n) is 4.41. The molecule has 2 heterocycles. The van der Waals surface area contributed by atoms with Crippen molar-refractivity contribution in [1.29, 1.82) is 0 Å². The summed E-state index contributed by atoms with van der Waals surface area (Å²) in [6, 6.07) is 9.07. The maximum atomic E-state index is 12.4. The van der Waals surface area contributed by atoms with Crippen LogP contribution in [-0.2, 0) is 19.6 Å². The van der Waals surface area contributed by atoms with Crippen LogP contribution in [0.1, 0.15) is 12.5 Å². The number of nitrogens with zero attached hydrogens (tertiary/aromatic N) is 2. The molecule has 1 aromatic carbocycles. The second-order valence-electron chi connectivity index (χ2n) is 6.65. The summed E-state index contributed by atoms with van der Waals surface area (Å²) in [6.07, 6.45) is 1.56. The number of hydrogen-bond donors (Lipinski definition) is 2. The van der Waals surface area contributed by atoms with Crippen LogP contribution in [0, 0.1) is 6.92 Å². The van der Waals surface area contributed by atoms with Gasteiger partial charge in [0.25, 0.3) is 0 Å². The van der Waals surface area contributed by atoms with Crippen molar-refractivity contribution in [3.63, 3.8) is 0 Å². The number of nitrogens with one attached hydrogen (secondary N) is 2. The zero-order valence-electron chi connectivity index (χ0n) is 15.9. The highest BCUT2D eigenvalue weighted by Gasteiger charge is 2.22. The third kappa shape index (κ3) is 5.06. The third-order valence-corrected chi connectivity index (χ3v) is 5.96. The summed E-state index contributed by atoms with van der Waals surface area (Å²) in [4.78, 5) is 19.0. The van der Waals surface area contributed by atoms with Crippen LogP contribution in [-0.4, -0.2) is 51.7 Å². The van der Waals surface area contributed by atoms with Crippen molar-refractivity contribution in [3.05, 3.63) is 48.2 Å². The summed E-state index contributed by atoms with van der Waals surface area (Å²) in [5.74, 6) is 0.353. The molecule has 3 rings (SSSR count). The van der Waals surface area contributed by atoms with Crippen LogP contribution in [0.5, 0.6) is 0 Å². The first-order chi connectivity index (χ1) is 13.3. The van der Waals surface area contributed by atoms with Crippen LogP contribution in [0.4, 0.5) is 11.5 Å². The van der Waals surface area contributed by atoms with E-state index in [0.29, 0.717) is 18.9 Å². The van der Waals surface area contributed by atoms with E-state index in [-0.39, 0.29) is 4.90 Å². The van der Waals surface area contributed by atoms with Crippen molar-refractivity contribution >= 4 is 27.4 Å². The van der Waals surface area contributed by atoms with Crippen molar-refractivity contribution in [2.45, 2.75) is 24.8 Å². The number of aromatic nitrogens is 1. The summed E-state index contributed by atoms with van der Waals surface area (Å²) in [5, 5.41) is 2.68. The van der Waals surface area contributed by atoms with E-state index in [2.05, 4.69) is 19.9 Å². The van der Waals surface area contributed by atoms with E-state index in [1.165, 1.54) is 19.1 Å². The van der Waals surface area contributed by atoms with Gasteiger partial charge in [-0.1, -0.05) is 17.7 Å². The van der Waals surface area contributed by atoms with E-state index in [1.807, 2.05) is 13.0 Å². The summed E-state index contributed by atoms with van der Waals surface area (Å²) in [5.41, 5.74) is 1.46. The van der Waals surface area contributed by atoms with Gasteiger partial charge in [-0.2, -0.15) is 4.72 Å². The average molecular weight is 404 g/mol. The molecule has 0 unspecified atom stereocenters. The van der Waals surface area contributed by atoms with Gasteiger partial charge in [0.1, 0.15) is 5.82 Å². The van der Waals surface area contributed by atoms with Crippen molar-refractivity contribution in [3.8, 4) is 0 Å². The molecule has 0 bridgehead atoms. The van der Waals surface area contributed by atoms with Gasteiger partial charge in [-0.15, -0.1) is 0 Å². The molecule has 2 aromatic rings. The molecule has 9 heteroatoms. The van der Waals surface area contributed by atoms with E-state index in [1.54, 1.807) is 24.4 Å². The Hall–Kier alpha value is -2.49. The van der Waals surface area contributed by atoms with Gasteiger partial charge in [-0.25, -0.2) is 13.4 Å². The number of carbonyl (C=O) groups is 1. The van der Waals surface area contributed by atoms with Crippen molar-refractivity contribution in [2.75, 3.05) is 36.5 Å². The molecule has 28 heavy (non-hydrogen) atoms. The van der Waals surface area contributed by atoms with Crippen molar-refractivity contribution < 1.29 is 17.9 Å². The fourth-order valence-corrected chi connectivity index (χ4v) is 3.96. The van der Waals surface area contributed by atoms with E-state index in [0.717, 1.165) is 24.5 Å². The lowest BCUT2D eigenvalue weighted by Crippen LogP contribution is -2.41. The van der Waals surface area contributed by atoms with Crippen molar-refractivity contribution in [2.24, 2.45) is 0 Å². The number of pyridine rings is 1. The summed E-state index contributed by atoms with van der Waals surface area (Å²) in [7, 11) is -3.78. The second kappa shape index (κ2) is 8.68. The number of rotatable bonds is 6. The maximum absolute atomic E-state index is 12.4. The molecular weight excluding hydrogens is 380 g/mol. The summed E-state index contributed by atoms with van der Waals surface area (Å²) in [6.45, 7) is 6.25. The van der Waals surface area contributed by atoms with Gasteiger partial charge in [0, 0.05) is 13.1 Å². The first-order valence-corrected chi connectivity index (χ1v) is 10.5. The number of aryl methyl sites for hydroxylation is 1. The van der Waals surface area contributed by atoms with E-state index < -0.39 is 22.0 Å². The largest absolute Gasteiger partial charge is 0.378 e.